The predicted octanol–water partition coefficient (Wildman–Crippen LogP) is 15.9. The molecule has 0 saturated heterocycles. The number of fused-ring (bicyclic) bond motifs is 8. The summed E-state index contributed by atoms with van der Waals surface area (Å²) in [5.74, 6) is 3.98. The van der Waals surface area contributed by atoms with E-state index < -0.39 is 30.2 Å². The van der Waals surface area contributed by atoms with Crippen molar-refractivity contribution in [3.63, 3.8) is 0 Å². The number of pyridine rings is 3. The molecule has 11 aromatic carbocycles. The maximum atomic E-state index is 9.67. The van der Waals surface area contributed by atoms with Crippen LogP contribution in [0.1, 0.15) is 146 Å². The van der Waals surface area contributed by atoms with Gasteiger partial charge in [0, 0.05) is 136 Å². The van der Waals surface area contributed by atoms with Gasteiger partial charge >= 0.3 is 30.2 Å². The summed E-state index contributed by atoms with van der Waals surface area (Å²) in [4.78, 5) is 0. The largest absolute Gasteiger partial charge is 1.00 e. The molecule has 130 heavy (non-hydrogen) atoms. The fourth-order valence-electron chi connectivity index (χ4n) is 17.9. The molecule has 4 nitrogen and oxygen atoms in total. The van der Waals surface area contributed by atoms with Crippen LogP contribution in [0.25, 0.3) is 93.4 Å². The second-order valence-corrected chi connectivity index (χ2v) is 33.7. The molecule has 0 fully saturated rings. The summed E-state index contributed by atoms with van der Waals surface area (Å²) >= 11 is 0. The lowest BCUT2D eigenvalue weighted by molar-refractivity contribution is -0.537. The van der Waals surface area contributed by atoms with E-state index in [0.717, 1.165) is 11.0 Å². The topological polar surface area (TPSA) is 18.7 Å². The molecule has 0 unspecified atom stereocenters. The summed E-state index contributed by atoms with van der Waals surface area (Å²) in [5, 5.41) is 10.3. The predicted molar refractivity (Wildman–Crippen MR) is 508 cm³/mol. The molecule has 3 aliphatic rings. The van der Waals surface area contributed by atoms with E-state index in [1.54, 1.807) is 0 Å². The van der Waals surface area contributed by atoms with E-state index in [1.165, 1.54) is 228 Å². The average molecular weight is 1780 g/mol. The molecule has 0 N–H and O–H groups in total. The Bertz CT molecular complexity index is 6630. The van der Waals surface area contributed by atoms with Gasteiger partial charge in [0.1, 0.15) is 35.7 Å². The summed E-state index contributed by atoms with van der Waals surface area (Å²) in [6, 6.07) is 77.7. The van der Waals surface area contributed by atoms with Gasteiger partial charge in [-0.05, 0) is 240 Å². The van der Waals surface area contributed by atoms with Gasteiger partial charge < -0.3 is 18.8 Å². The minimum atomic E-state index is -3.67. The van der Waals surface area contributed by atoms with Crippen LogP contribution >= 0.6 is 0 Å². The number of aromatic nitrogens is 3. The highest BCUT2D eigenvalue weighted by Crippen LogP contribution is 2.49. The number of rotatable bonds is 3. The molecule has 0 spiro atoms. The summed E-state index contributed by atoms with van der Waals surface area (Å²) in [5.41, 5.74) is 41.0. The lowest BCUT2D eigenvalue weighted by Gasteiger charge is -2.25. The molecule has 0 saturated carbocycles. The Hall–Kier alpha value is -12.7. The standard InChI is InChI=1S/C30H28N.C28H31N.C25H25N.C23H21N.4BF3.4FH/c1-19-11-13-27-25(17-19)30(29-22(4)15-21(3)16-23(29)5)26-18-20(2)12-14-28(26)31(27)24-9-7-6-8-10-24;1-17-9-11-22-24(15-17)29(8)25-16-21(28(5,6)7)10-12-23(25)27(22)26-19(3)13-18(2)14-20(26)4;1-15-7-9-22-20(13-15)25(24-18(4)11-17(3)12-19(24)5)21-14-16(2)8-10-23(21)26(22)6;1-15-13-16(2)22(17(3)14-15)23-18-9-5-7-11-20(18)24(4)21-12-8-6-10-19(21)23;4*2-1(3)4;;;;/h6-18H,1-5H3;9-16H,8H2,1-7H3;7-14H,6H2,1-5H3;5-14H,4H2,1-3H3;;;;;4*1H/q+1;3*+2;;;;;;;;/p-4. The van der Waals surface area contributed by atoms with Crippen molar-refractivity contribution in [3.8, 4) is 16.8 Å². The van der Waals surface area contributed by atoms with Crippen LogP contribution in [0.3, 0.4) is 0 Å². The van der Waals surface area contributed by atoms with Crippen LogP contribution < -0.4 is 46.9 Å². The Morgan fingerprint density at radius 3 is 1.02 bits per heavy atom. The van der Waals surface area contributed by atoms with Crippen LogP contribution in [-0.4, -0.2) is 36.9 Å². The molecule has 2 aliphatic carbocycles. The van der Waals surface area contributed by atoms with Crippen molar-refractivity contribution in [3.05, 3.63) is 384 Å². The minimum Gasteiger partial charge on any atom is -1.00 e. The Morgan fingerprint density at radius 1 is 0.315 bits per heavy atom. The highest BCUT2D eigenvalue weighted by Gasteiger charge is 2.43. The molecule has 0 atom stereocenters. The van der Waals surface area contributed by atoms with Gasteiger partial charge in [0.05, 0.1) is 54.2 Å². The van der Waals surface area contributed by atoms with Crippen LogP contribution in [0.2, 0.25) is 0 Å². The molecule has 14 aromatic rings. The van der Waals surface area contributed by atoms with Crippen LogP contribution in [0.5, 0.6) is 0 Å². The van der Waals surface area contributed by atoms with Gasteiger partial charge in [-0.25, -0.2) is 0 Å². The van der Waals surface area contributed by atoms with E-state index in [0.29, 0.717) is 0 Å². The first-order chi connectivity index (χ1) is 59.4. The Morgan fingerprint density at radius 2 is 0.631 bits per heavy atom. The van der Waals surface area contributed by atoms with Gasteiger partial charge in [-0.1, -0.05) is 116 Å². The lowest BCUT2D eigenvalue weighted by atomic mass is 9.75. The fourth-order valence-corrected chi connectivity index (χ4v) is 17.9. The Kier molecular flexibility index (Phi) is 36.7. The molecule has 4 heterocycles. The highest BCUT2D eigenvalue weighted by molar-refractivity contribution is 6.34. The smallest absolute Gasteiger partial charge is 0.762 e. The molecule has 24 heteroatoms. The third-order valence-corrected chi connectivity index (χ3v) is 22.5. The summed E-state index contributed by atoms with van der Waals surface area (Å²) in [6.45, 7) is 57.2. The SMILES string of the molecule is C=[N+]1c2cc(C)ccc2[C+](c2c(C)cc(C)cc2C)c2ccc(C(C)(C)C)cc21.C=[n+]1c2ccc(C)cc2c(=C2C(C)=CC(C)=C[C+]2C)c2cc(C)ccc21.C=[n+]1c2ccccc2c(=C2C(C)=CC(C)=C[C+]2C)c2ccccc21.Cc1cc(C)c(-c2c3cc(C)ccc3[n+](-c3ccccc3)c3ccc(C)cc23)c(C)c1.FB(F)F.FB(F)F.FB(F)F.FB(F)F.[F-].[F-].[F-].[F-]. The number of benzene rings is 11. The number of hydrogen-bond donors (Lipinski definition) is 0. The maximum absolute atomic E-state index is 9.67. The van der Waals surface area contributed by atoms with Crippen molar-refractivity contribution in [1.82, 2.24) is 4.58 Å². The van der Waals surface area contributed by atoms with E-state index in [1.807, 2.05) is 4.24 Å². The van der Waals surface area contributed by atoms with E-state index >= 15 is 0 Å². The quantitative estimate of drug-likeness (QED) is 0.0552. The molecule has 0 radical (unpaired) electrons. The van der Waals surface area contributed by atoms with Gasteiger partial charge in [-0.2, -0.15) is 13.1 Å². The number of halogens is 16. The highest BCUT2D eigenvalue weighted by atomic mass is 19.4. The molecule has 0 bridgehead atoms. The first kappa shape index (κ1) is 106. The molecular weight excluding hydrogens is 1680 g/mol. The minimum absolute atomic E-state index is 0. The van der Waals surface area contributed by atoms with Gasteiger partial charge in [-0.15, -0.1) is 4.58 Å². The first-order valence-corrected chi connectivity index (χ1v) is 41.4. The molecule has 3 aromatic heterocycles. The van der Waals surface area contributed by atoms with Crippen molar-refractivity contribution in [2.45, 2.75) is 144 Å². The van der Waals surface area contributed by atoms with Crippen molar-refractivity contribution in [2.75, 3.05) is 0 Å². The van der Waals surface area contributed by atoms with E-state index in [4.69, 9.17) is 0 Å². The fraction of sp³-hybridized carbons (Fsp3) is 0.198. The molecule has 17 rings (SSSR count). The van der Waals surface area contributed by atoms with Gasteiger partial charge in [0.25, 0.3) is 11.4 Å². The van der Waals surface area contributed by atoms with Crippen molar-refractivity contribution >= 4 is 125 Å². The van der Waals surface area contributed by atoms with E-state index in [2.05, 4.69) is 409 Å². The van der Waals surface area contributed by atoms with Crippen molar-refractivity contribution < 1.29 is 83.7 Å². The number of aryl methyl sites for hydroxylation is 11. The average Bonchev–Trinajstić information content (AvgIpc) is 0.727. The van der Waals surface area contributed by atoms with E-state index in [9.17, 15) is 51.8 Å². The Balaban J connectivity index is 0.000000251. The Labute approximate surface area is 753 Å². The molecule has 0 amide bonds. The zero-order valence-electron chi connectivity index (χ0n) is 76.8. The number of allylic oxidation sites excluding steroid dienone is 8. The molecular formula is C106H105B4F16N4+3. The monoisotopic (exact) mass is 1780 g/mol. The van der Waals surface area contributed by atoms with Crippen LogP contribution in [0.15, 0.2) is 259 Å². The number of para-hydroxylation sites is 3. The second-order valence-electron chi connectivity index (χ2n) is 33.7. The zero-order valence-corrected chi connectivity index (χ0v) is 76.8. The van der Waals surface area contributed by atoms with Crippen molar-refractivity contribution in [2.24, 2.45) is 0 Å². The third-order valence-electron chi connectivity index (χ3n) is 22.5. The van der Waals surface area contributed by atoms with Crippen LogP contribution in [0.4, 0.5) is 63.2 Å². The summed E-state index contributed by atoms with van der Waals surface area (Å²) < 4.78 is 125. The summed E-state index contributed by atoms with van der Waals surface area (Å²) in [7, 11) is -14.7. The normalized spacial score (nSPS) is 12.2. The van der Waals surface area contributed by atoms with Crippen LogP contribution in [0, 0.1) is 107 Å². The molecule has 1 aliphatic heterocycles. The van der Waals surface area contributed by atoms with Crippen LogP contribution in [-0.2, 0) is 5.41 Å². The van der Waals surface area contributed by atoms with Gasteiger partial charge in [-0.3, -0.25) is 51.8 Å². The maximum Gasteiger partial charge on any atom is 0.762 e. The molecule has 670 valence electrons. The number of hydrogen-bond acceptors (Lipinski definition) is 0. The number of nitrogens with zero attached hydrogens (tertiary/aromatic N) is 4. The van der Waals surface area contributed by atoms with Gasteiger partial charge in [0.15, 0.2) is 6.72 Å². The second kappa shape index (κ2) is 45.0. The van der Waals surface area contributed by atoms with Crippen molar-refractivity contribution in [1.29, 1.82) is 0 Å². The lowest BCUT2D eigenvalue weighted by Crippen LogP contribution is -3.00. The first-order valence-electron chi connectivity index (χ1n) is 41.4. The third kappa shape index (κ3) is 24.2. The summed E-state index contributed by atoms with van der Waals surface area (Å²) in [6.07, 6.45) is 9.13. The van der Waals surface area contributed by atoms with Gasteiger partial charge in [0.2, 0.25) is 38.8 Å². The van der Waals surface area contributed by atoms with E-state index in [-0.39, 0.29) is 24.2 Å². The zero-order chi connectivity index (χ0) is 92.5.